The van der Waals surface area contributed by atoms with E-state index < -0.39 is 15.8 Å². The van der Waals surface area contributed by atoms with E-state index in [0.717, 1.165) is 67.8 Å². The summed E-state index contributed by atoms with van der Waals surface area (Å²) in [6.07, 6.45) is 8.35. The number of hydrogen-bond donors (Lipinski definition) is 0. The van der Waals surface area contributed by atoms with Gasteiger partial charge in [-0.05, 0) is 98.9 Å². The minimum Gasteiger partial charge on any atom is -0.408 e. The molecule has 4 aromatic heterocycles. The van der Waals surface area contributed by atoms with Gasteiger partial charge in [0.15, 0.2) is 5.58 Å². The largest absolute Gasteiger partial charge is 0.420 e. The summed E-state index contributed by atoms with van der Waals surface area (Å²) in [5.41, 5.74) is 7.09. The second-order valence-corrected chi connectivity index (χ2v) is 14.7. The summed E-state index contributed by atoms with van der Waals surface area (Å²) in [6.45, 7) is 4.05. The van der Waals surface area contributed by atoms with Crippen molar-refractivity contribution in [2.45, 2.75) is 62.9 Å². The van der Waals surface area contributed by atoms with E-state index in [1.807, 2.05) is 25.1 Å². The van der Waals surface area contributed by atoms with Crippen LogP contribution in [0.4, 0.5) is 0 Å². The second kappa shape index (κ2) is 12.1. The highest BCUT2D eigenvalue weighted by atomic mass is 32.2. The van der Waals surface area contributed by atoms with Crippen LogP contribution in [0.5, 0.6) is 0 Å². The third-order valence-electron chi connectivity index (χ3n) is 9.89. The van der Waals surface area contributed by atoms with Crippen LogP contribution in [-0.4, -0.2) is 52.0 Å². The maximum atomic E-state index is 14.4. The Bertz CT molecular complexity index is 2270. The molecular formula is C36H34N6O5S. The molecule has 12 heteroatoms. The molecule has 48 heavy (non-hydrogen) atoms. The molecule has 2 fully saturated rings. The maximum Gasteiger partial charge on any atom is 0.420 e. The van der Waals surface area contributed by atoms with Gasteiger partial charge in [0.2, 0.25) is 10.0 Å². The molecule has 0 aliphatic carbocycles. The van der Waals surface area contributed by atoms with Crippen molar-refractivity contribution in [2.75, 3.05) is 19.8 Å². The number of sulfonamides is 1. The number of aryl methyl sites for hydroxylation is 2. The van der Waals surface area contributed by atoms with Gasteiger partial charge < -0.3 is 9.15 Å². The first-order valence-corrected chi connectivity index (χ1v) is 17.8. The van der Waals surface area contributed by atoms with Gasteiger partial charge in [0, 0.05) is 54.7 Å². The number of fused-ring (bicyclic) bond motifs is 4. The average molecular weight is 663 g/mol. The third-order valence-corrected chi connectivity index (χ3v) is 11.9. The molecule has 2 saturated heterocycles. The molecule has 8 rings (SSSR count). The fourth-order valence-corrected chi connectivity index (χ4v) is 9.57. The van der Waals surface area contributed by atoms with Crippen LogP contribution in [0.15, 0.2) is 69.0 Å². The van der Waals surface area contributed by atoms with E-state index >= 15 is 0 Å². The summed E-state index contributed by atoms with van der Waals surface area (Å²) in [4.78, 5) is 27.4. The van der Waals surface area contributed by atoms with Gasteiger partial charge in [-0.1, -0.05) is 6.07 Å². The van der Waals surface area contributed by atoms with Crippen LogP contribution >= 0.6 is 0 Å². The lowest BCUT2D eigenvalue weighted by Crippen LogP contribution is -2.23. The van der Waals surface area contributed by atoms with E-state index in [4.69, 9.17) is 19.4 Å². The molecule has 0 spiro atoms. The molecule has 244 valence electrons. The number of ether oxygens (including phenoxy) is 1. The monoisotopic (exact) mass is 662 g/mol. The van der Waals surface area contributed by atoms with Crippen LogP contribution in [0.2, 0.25) is 0 Å². The Morgan fingerprint density at radius 3 is 2.62 bits per heavy atom. The number of nitriles is 1. The first-order chi connectivity index (χ1) is 23.3. The highest BCUT2D eigenvalue weighted by Gasteiger charge is 2.49. The van der Waals surface area contributed by atoms with Crippen molar-refractivity contribution < 1.29 is 17.6 Å². The quantitative estimate of drug-likeness (QED) is 0.219. The van der Waals surface area contributed by atoms with Crippen LogP contribution in [0, 0.1) is 24.2 Å². The van der Waals surface area contributed by atoms with Crippen LogP contribution < -0.4 is 5.76 Å². The van der Waals surface area contributed by atoms with Crippen LogP contribution in [0.3, 0.4) is 0 Å². The molecule has 0 unspecified atom stereocenters. The molecule has 0 saturated carbocycles. The highest BCUT2D eigenvalue weighted by molar-refractivity contribution is 7.89. The van der Waals surface area contributed by atoms with E-state index in [-0.39, 0.29) is 17.5 Å². The van der Waals surface area contributed by atoms with Gasteiger partial charge in [-0.3, -0.25) is 19.5 Å². The summed E-state index contributed by atoms with van der Waals surface area (Å²) in [5.74, 6) is -0.0457. The van der Waals surface area contributed by atoms with Gasteiger partial charge in [-0.15, -0.1) is 0 Å². The zero-order valence-corrected chi connectivity index (χ0v) is 27.4. The van der Waals surface area contributed by atoms with Gasteiger partial charge in [0.1, 0.15) is 11.0 Å². The molecule has 7 heterocycles. The van der Waals surface area contributed by atoms with Crippen molar-refractivity contribution in [3.05, 3.63) is 93.7 Å². The number of pyridine rings is 3. The van der Waals surface area contributed by atoms with Gasteiger partial charge in [0.25, 0.3) is 0 Å². The Morgan fingerprint density at radius 2 is 1.85 bits per heavy atom. The summed E-state index contributed by atoms with van der Waals surface area (Å²) >= 11 is 0. The molecule has 11 nitrogen and oxygen atoms in total. The minimum absolute atomic E-state index is 0.157. The maximum absolute atomic E-state index is 14.4. The third kappa shape index (κ3) is 5.23. The molecule has 0 bridgehead atoms. The molecule has 0 N–H and O–H groups in total. The fourth-order valence-electron chi connectivity index (χ4n) is 7.51. The van der Waals surface area contributed by atoms with E-state index in [1.54, 1.807) is 34.8 Å². The predicted molar refractivity (Wildman–Crippen MR) is 177 cm³/mol. The first kappa shape index (κ1) is 30.6. The zero-order valence-electron chi connectivity index (χ0n) is 26.6. The molecule has 5 aromatic rings. The Hall–Kier alpha value is -4.70. The Kier molecular flexibility index (Phi) is 7.70. The smallest absolute Gasteiger partial charge is 0.408 e. The SMILES string of the molecule is Cc1cc(-c2c(CCC3CCOCC3)nc3c(c2-c2ccc4c(c2)oc(=O)n4Cc2ccc(C#N)cn2)S(=O)(=O)N2CCC[C@@H]32)ccn1. The standard InChI is InChI=1S/C36H34N6O5S/c1-22-17-26(10-13-38-22)32-28(8-5-23-11-15-46-16-12-23)40-34-30-3-2-14-42(30)48(44,45)35(34)33(32)25-6-9-29-31(18-25)47-36(43)41(29)21-27-7-4-24(19-37)20-39-27/h4,6-7,9-10,13,17-18,20,23,30H,2-3,5,8,11-12,14-16,21H2,1H3/t30-/m0/s1. The lowest BCUT2D eigenvalue weighted by molar-refractivity contribution is 0.0639. The van der Waals surface area contributed by atoms with Crippen molar-refractivity contribution in [3.8, 4) is 28.3 Å². The van der Waals surface area contributed by atoms with Crippen LogP contribution in [0.1, 0.15) is 66.5 Å². The van der Waals surface area contributed by atoms with Crippen molar-refractivity contribution >= 4 is 21.1 Å². The number of rotatable bonds is 7. The summed E-state index contributed by atoms with van der Waals surface area (Å²) in [5, 5.41) is 9.13. The lowest BCUT2D eigenvalue weighted by atomic mass is 9.87. The zero-order chi connectivity index (χ0) is 33.0. The summed E-state index contributed by atoms with van der Waals surface area (Å²) in [6, 6.07) is 14.5. The number of hydrogen-bond acceptors (Lipinski definition) is 9. The molecule has 0 amide bonds. The molecular weight excluding hydrogens is 628 g/mol. The summed E-state index contributed by atoms with van der Waals surface area (Å²) in [7, 11) is -3.85. The van der Waals surface area contributed by atoms with Gasteiger partial charge in [-0.25, -0.2) is 13.2 Å². The lowest BCUT2D eigenvalue weighted by Gasteiger charge is -2.23. The topological polar surface area (TPSA) is 144 Å². The normalized spacial score (nSPS) is 19.0. The minimum atomic E-state index is -3.85. The van der Waals surface area contributed by atoms with E-state index in [9.17, 15) is 13.2 Å². The molecule has 1 atom stereocenters. The molecule has 0 radical (unpaired) electrons. The number of aromatic nitrogens is 4. The Balaban J connectivity index is 1.32. The number of nitrogens with zero attached hydrogens (tertiary/aromatic N) is 6. The van der Waals surface area contributed by atoms with Crippen molar-refractivity contribution in [3.63, 3.8) is 0 Å². The van der Waals surface area contributed by atoms with Crippen LogP contribution in [-0.2, 0) is 27.7 Å². The molecule has 3 aliphatic heterocycles. The fraction of sp³-hybridized carbons (Fsp3) is 0.361. The number of oxazole rings is 1. The van der Waals surface area contributed by atoms with Gasteiger partial charge in [0.05, 0.1) is 35.1 Å². The van der Waals surface area contributed by atoms with Crippen molar-refractivity contribution in [1.29, 1.82) is 5.26 Å². The molecule has 1 aromatic carbocycles. The average Bonchev–Trinajstić information content (AvgIpc) is 3.77. The van der Waals surface area contributed by atoms with Crippen molar-refractivity contribution in [1.82, 2.24) is 23.8 Å². The Morgan fingerprint density at radius 1 is 1.02 bits per heavy atom. The van der Waals surface area contributed by atoms with E-state index in [0.29, 0.717) is 58.1 Å². The molecule has 3 aliphatic rings. The van der Waals surface area contributed by atoms with Crippen molar-refractivity contribution in [2.24, 2.45) is 5.92 Å². The van der Waals surface area contributed by atoms with Crippen LogP contribution in [0.25, 0.3) is 33.4 Å². The highest BCUT2D eigenvalue weighted by Crippen LogP contribution is 2.52. The second-order valence-electron chi connectivity index (χ2n) is 12.9. The van der Waals surface area contributed by atoms with E-state index in [1.165, 1.54) is 10.8 Å². The number of benzene rings is 1. The first-order valence-electron chi connectivity index (χ1n) is 16.4. The predicted octanol–water partition coefficient (Wildman–Crippen LogP) is 5.54. The van der Waals surface area contributed by atoms with E-state index in [2.05, 4.69) is 16.0 Å². The summed E-state index contributed by atoms with van der Waals surface area (Å²) < 4.78 is 43.2. The Labute approximate surface area is 277 Å². The van der Waals surface area contributed by atoms with Gasteiger partial charge in [-0.2, -0.15) is 9.57 Å². The van der Waals surface area contributed by atoms with Gasteiger partial charge >= 0.3 is 5.76 Å².